The summed E-state index contributed by atoms with van der Waals surface area (Å²) in [6, 6.07) is 21.8. The number of nitrogens with zero attached hydrogens (tertiary/aromatic N) is 1. The summed E-state index contributed by atoms with van der Waals surface area (Å²) >= 11 is 0. The van der Waals surface area contributed by atoms with E-state index in [1.807, 2.05) is 44.2 Å². The Morgan fingerprint density at radius 1 is 1.00 bits per heavy atom. The summed E-state index contributed by atoms with van der Waals surface area (Å²) in [5.41, 5.74) is 3.22. The summed E-state index contributed by atoms with van der Waals surface area (Å²) in [6.45, 7) is 4.79. The molecule has 174 valence electrons. The Kier molecular flexibility index (Phi) is 8.25. The largest absolute Gasteiger partial charge is 0.494 e. The summed E-state index contributed by atoms with van der Waals surface area (Å²) < 4.78 is 33.0. The normalized spacial score (nSPS) is 11.4. The van der Waals surface area contributed by atoms with Crippen LogP contribution in [0.15, 0.2) is 77.7 Å². The molecule has 1 amide bonds. The molecule has 3 aromatic rings. The maximum Gasteiger partial charge on any atom is 0.251 e. The predicted octanol–water partition coefficient (Wildman–Crippen LogP) is 4.19. The third kappa shape index (κ3) is 6.43. The molecule has 0 aliphatic carbocycles. The van der Waals surface area contributed by atoms with E-state index in [1.165, 1.54) is 11.4 Å². The molecule has 0 heterocycles. The number of ether oxygens (including phenoxy) is 1. The monoisotopic (exact) mass is 466 g/mol. The van der Waals surface area contributed by atoms with Crippen molar-refractivity contribution in [2.45, 2.75) is 31.7 Å². The molecule has 0 radical (unpaired) electrons. The molecule has 3 aromatic carbocycles. The van der Waals surface area contributed by atoms with Gasteiger partial charge in [-0.3, -0.25) is 4.79 Å². The van der Waals surface area contributed by atoms with Gasteiger partial charge in [0.05, 0.1) is 11.5 Å². The Bertz CT molecular complexity index is 1180. The Morgan fingerprint density at radius 2 is 1.70 bits per heavy atom. The number of carbonyl (C=O) groups is 1. The Balaban J connectivity index is 1.75. The van der Waals surface area contributed by atoms with Crippen LogP contribution in [0, 0.1) is 6.92 Å². The summed E-state index contributed by atoms with van der Waals surface area (Å²) in [7, 11) is -2.16. The van der Waals surface area contributed by atoms with Crippen molar-refractivity contribution in [1.29, 1.82) is 0 Å². The lowest BCUT2D eigenvalue weighted by Gasteiger charge is -2.20. The van der Waals surface area contributed by atoms with Crippen LogP contribution in [0.1, 0.15) is 34.0 Å². The van der Waals surface area contributed by atoms with E-state index in [9.17, 15) is 13.2 Å². The molecule has 0 saturated heterocycles. The molecule has 33 heavy (non-hydrogen) atoms. The molecule has 7 heteroatoms. The third-order valence-electron chi connectivity index (χ3n) is 5.29. The van der Waals surface area contributed by atoms with Crippen LogP contribution >= 0.6 is 0 Å². The quantitative estimate of drug-likeness (QED) is 0.486. The van der Waals surface area contributed by atoms with E-state index in [1.54, 1.807) is 42.5 Å². The van der Waals surface area contributed by atoms with E-state index in [4.69, 9.17) is 4.74 Å². The van der Waals surface area contributed by atoms with Crippen LogP contribution in [0.25, 0.3) is 0 Å². The maximum atomic E-state index is 13.0. The number of rotatable bonds is 10. The molecule has 0 spiro atoms. The van der Waals surface area contributed by atoms with Crippen LogP contribution in [0.2, 0.25) is 0 Å². The lowest BCUT2D eigenvalue weighted by atomic mass is 10.1. The molecule has 0 aliphatic heterocycles. The molecule has 0 saturated carbocycles. The van der Waals surface area contributed by atoms with E-state index in [-0.39, 0.29) is 17.3 Å². The van der Waals surface area contributed by atoms with Crippen LogP contribution in [0.4, 0.5) is 0 Å². The lowest BCUT2D eigenvalue weighted by Crippen LogP contribution is -2.28. The van der Waals surface area contributed by atoms with Crippen molar-refractivity contribution in [2.24, 2.45) is 0 Å². The van der Waals surface area contributed by atoms with Crippen molar-refractivity contribution < 1.29 is 17.9 Å². The highest BCUT2D eigenvalue weighted by atomic mass is 32.2. The number of hydrogen-bond donors (Lipinski definition) is 1. The second-order valence-corrected chi connectivity index (χ2v) is 9.87. The first kappa shape index (κ1) is 24.5. The fourth-order valence-corrected chi connectivity index (χ4v) is 4.57. The minimum Gasteiger partial charge on any atom is -0.494 e. The zero-order valence-electron chi connectivity index (χ0n) is 19.2. The van der Waals surface area contributed by atoms with Crippen molar-refractivity contribution in [3.05, 3.63) is 95.1 Å². The molecular weight excluding hydrogens is 436 g/mol. The van der Waals surface area contributed by atoms with Gasteiger partial charge in [-0.15, -0.1) is 0 Å². The van der Waals surface area contributed by atoms with E-state index in [0.29, 0.717) is 30.0 Å². The molecule has 0 aliphatic rings. The number of amides is 1. The van der Waals surface area contributed by atoms with Crippen molar-refractivity contribution in [2.75, 3.05) is 20.2 Å². The molecular formula is C26H30N2O4S. The van der Waals surface area contributed by atoms with Gasteiger partial charge in [0.25, 0.3) is 5.91 Å². The topological polar surface area (TPSA) is 75.7 Å². The van der Waals surface area contributed by atoms with Gasteiger partial charge < -0.3 is 10.1 Å². The molecule has 3 rings (SSSR count). The first-order valence-corrected chi connectivity index (χ1v) is 12.4. The van der Waals surface area contributed by atoms with Gasteiger partial charge in [-0.05, 0) is 56.2 Å². The highest BCUT2D eigenvalue weighted by molar-refractivity contribution is 7.89. The summed E-state index contributed by atoms with van der Waals surface area (Å²) in [5.74, 6) is 0.351. The van der Waals surface area contributed by atoms with Crippen LogP contribution in [-0.2, 0) is 23.0 Å². The van der Waals surface area contributed by atoms with Gasteiger partial charge in [0.2, 0.25) is 10.0 Å². The van der Waals surface area contributed by atoms with Crippen molar-refractivity contribution in [3.8, 4) is 5.75 Å². The lowest BCUT2D eigenvalue weighted by molar-refractivity contribution is 0.0954. The number of aryl methyl sites for hydroxylation is 1. The van der Waals surface area contributed by atoms with E-state index in [0.717, 1.165) is 17.5 Å². The standard InChI is InChI=1S/C26H30N2O4S/c1-4-32-25-15-12-22(26(29)27-17-16-21-8-6-5-7-9-21)18-23(25)19-28(3)33(30,31)24-13-10-20(2)11-14-24/h5-15,18H,4,16-17,19H2,1-3H3,(H,27,29). The molecule has 0 bridgehead atoms. The van der Waals surface area contributed by atoms with E-state index >= 15 is 0 Å². The van der Waals surface area contributed by atoms with Crippen molar-refractivity contribution in [1.82, 2.24) is 9.62 Å². The van der Waals surface area contributed by atoms with Gasteiger partial charge in [0.1, 0.15) is 5.75 Å². The van der Waals surface area contributed by atoms with Crippen molar-refractivity contribution >= 4 is 15.9 Å². The first-order chi connectivity index (χ1) is 15.8. The molecule has 0 unspecified atom stereocenters. The number of sulfonamides is 1. The minimum atomic E-state index is -3.69. The van der Waals surface area contributed by atoms with Gasteiger partial charge in [0.15, 0.2) is 0 Å². The van der Waals surface area contributed by atoms with E-state index < -0.39 is 10.0 Å². The van der Waals surface area contributed by atoms with Gasteiger partial charge in [-0.1, -0.05) is 48.0 Å². The second-order valence-electron chi connectivity index (χ2n) is 7.82. The fraction of sp³-hybridized carbons (Fsp3) is 0.269. The smallest absolute Gasteiger partial charge is 0.251 e. The fourth-order valence-electron chi connectivity index (χ4n) is 3.42. The van der Waals surface area contributed by atoms with Crippen LogP contribution in [0.5, 0.6) is 5.75 Å². The first-order valence-electron chi connectivity index (χ1n) is 10.9. The Morgan fingerprint density at radius 3 is 2.36 bits per heavy atom. The molecule has 1 N–H and O–H groups in total. The predicted molar refractivity (Wildman–Crippen MR) is 130 cm³/mol. The maximum absolute atomic E-state index is 13.0. The van der Waals surface area contributed by atoms with Gasteiger partial charge in [-0.2, -0.15) is 4.31 Å². The Hall–Kier alpha value is -3.16. The van der Waals surface area contributed by atoms with Crippen LogP contribution < -0.4 is 10.1 Å². The number of nitrogens with one attached hydrogen (secondary N) is 1. The average molecular weight is 467 g/mol. The highest BCUT2D eigenvalue weighted by Crippen LogP contribution is 2.25. The summed E-state index contributed by atoms with van der Waals surface area (Å²) in [6.07, 6.45) is 0.730. The third-order valence-corrected chi connectivity index (χ3v) is 7.10. The number of benzene rings is 3. The summed E-state index contributed by atoms with van der Waals surface area (Å²) in [4.78, 5) is 12.9. The van der Waals surface area contributed by atoms with Gasteiger partial charge >= 0.3 is 0 Å². The average Bonchev–Trinajstić information content (AvgIpc) is 2.81. The molecule has 6 nitrogen and oxygen atoms in total. The molecule has 0 fully saturated rings. The van der Waals surface area contributed by atoms with Crippen LogP contribution in [-0.4, -0.2) is 38.8 Å². The van der Waals surface area contributed by atoms with E-state index in [2.05, 4.69) is 5.32 Å². The SMILES string of the molecule is CCOc1ccc(C(=O)NCCc2ccccc2)cc1CN(C)S(=O)(=O)c1ccc(C)cc1. The number of hydrogen-bond acceptors (Lipinski definition) is 4. The minimum absolute atomic E-state index is 0.0800. The van der Waals surface area contributed by atoms with Crippen LogP contribution in [0.3, 0.4) is 0 Å². The molecule has 0 atom stereocenters. The van der Waals surface area contributed by atoms with Gasteiger partial charge in [0, 0.05) is 31.3 Å². The second kappa shape index (κ2) is 11.1. The van der Waals surface area contributed by atoms with Gasteiger partial charge in [-0.25, -0.2) is 8.42 Å². The zero-order chi connectivity index (χ0) is 23.8. The zero-order valence-corrected chi connectivity index (χ0v) is 20.1. The Labute approximate surface area is 196 Å². The summed E-state index contributed by atoms with van der Waals surface area (Å²) in [5, 5.41) is 2.93. The molecule has 0 aromatic heterocycles. The number of carbonyl (C=O) groups excluding carboxylic acids is 1. The highest BCUT2D eigenvalue weighted by Gasteiger charge is 2.22. The van der Waals surface area contributed by atoms with Crippen molar-refractivity contribution in [3.63, 3.8) is 0 Å².